The Balaban J connectivity index is 2.72. The fourth-order valence-corrected chi connectivity index (χ4v) is 1.11. The molecule has 0 aliphatic carbocycles. The van der Waals surface area contributed by atoms with E-state index < -0.39 is 5.97 Å². The average Bonchev–Trinajstić information content (AvgIpc) is 2.26. The smallest absolute Gasteiger partial charge is 0.330 e. The summed E-state index contributed by atoms with van der Waals surface area (Å²) in [4.78, 5) is 15.1. The van der Waals surface area contributed by atoms with Gasteiger partial charge in [0.2, 0.25) is 0 Å². The molecular formula is C11H13NO2. The van der Waals surface area contributed by atoms with Gasteiger partial charge in [-0.3, -0.25) is 4.98 Å². The molecule has 0 aliphatic rings. The fourth-order valence-electron chi connectivity index (χ4n) is 1.11. The molecule has 1 heterocycles. The van der Waals surface area contributed by atoms with Crippen LogP contribution in [0.15, 0.2) is 37.1 Å². The Morgan fingerprint density at radius 2 is 2.50 bits per heavy atom. The Kier molecular flexibility index (Phi) is 3.85. The lowest BCUT2D eigenvalue weighted by atomic mass is 10.2. The van der Waals surface area contributed by atoms with Crippen LogP contribution in [0, 0.1) is 0 Å². The number of nitrogens with zero attached hydrogens (tertiary/aromatic N) is 1. The van der Waals surface area contributed by atoms with Crippen molar-refractivity contribution >= 4 is 5.97 Å². The van der Waals surface area contributed by atoms with Crippen LogP contribution in [0.25, 0.3) is 0 Å². The molecule has 3 heteroatoms. The van der Waals surface area contributed by atoms with Crippen molar-refractivity contribution in [1.82, 2.24) is 4.98 Å². The molecule has 74 valence electrons. The van der Waals surface area contributed by atoms with Gasteiger partial charge in [0.05, 0.1) is 5.69 Å². The molecule has 1 aromatic rings. The van der Waals surface area contributed by atoms with Crippen molar-refractivity contribution in [1.29, 1.82) is 0 Å². The van der Waals surface area contributed by atoms with Crippen molar-refractivity contribution in [2.24, 2.45) is 0 Å². The van der Waals surface area contributed by atoms with Crippen molar-refractivity contribution in [3.05, 3.63) is 42.7 Å². The van der Waals surface area contributed by atoms with Crippen LogP contribution < -0.4 is 0 Å². The first-order valence-electron chi connectivity index (χ1n) is 4.52. The van der Waals surface area contributed by atoms with E-state index in [1.807, 2.05) is 25.1 Å². The van der Waals surface area contributed by atoms with Crippen molar-refractivity contribution in [3.8, 4) is 0 Å². The van der Waals surface area contributed by atoms with Crippen LogP contribution in [-0.4, -0.2) is 11.0 Å². The topological polar surface area (TPSA) is 39.2 Å². The van der Waals surface area contributed by atoms with Crippen molar-refractivity contribution in [2.45, 2.75) is 19.4 Å². The van der Waals surface area contributed by atoms with Gasteiger partial charge in [-0.05, 0) is 18.6 Å². The third-order valence-electron chi connectivity index (χ3n) is 1.81. The molecule has 0 saturated heterocycles. The Bertz CT molecular complexity index is 308. The first-order valence-corrected chi connectivity index (χ1v) is 4.52. The third kappa shape index (κ3) is 2.69. The molecule has 0 spiro atoms. The minimum absolute atomic E-state index is 0.276. The first kappa shape index (κ1) is 10.4. The van der Waals surface area contributed by atoms with Crippen LogP contribution in [-0.2, 0) is 9.53 Å². The minimum Gasteiger partial charge on any atom is -0.453 e. The largest absolute Gasteiger partial charge is 0.453 e. The molecule has 1 rings (SSSR count). The van der Waals surface area contributed by atoms with Crippen molar-refractivity contribution in [3.63, 3.8) is 0 Å². The van der Waals surface area contributed by atoms with Crippen LogP contribution in [0.1, 0.15) is 25.1 Å². The molecular weight excluding hydrogens is 178 g/mol. The Labute approximate surface area is 83.4 Å². The summed E-state index contributed by atoms with van der Waals surface area (Å²) >= 11 is 0. The van der Waals surface area contributed by atoms with Gasteiger partial charge in [0.25, 0.3) is 0 Å². The molecule has 0 saturated carbocycles. The quantitative estimate of drug-likeness (QED) is 0.541. The van der Waals surface area contributed by atoms with Gasteiger partial charge in [-0.1, -0.05) is 19.6 Å². The summed E-state index contributed by atoms with van der Waals surface area (Å²) in [6, 6.07) is 5.53. The zero-order chi connectivity index (χ0) is 10.4. The number of hydrogen-bond acceptors (Lipinski definition) is 3. The summed E-state index contributed by atoms with van der Waals surface area (Å²) in [7, 11) is 0. The standard InChI is InChI=1S/C11H13NO2/c1-3-10(14-11(13)4-2)9-7-5-6-8-12-9/h4-8,10H,2-3H2,1H3. The highest BCUT2D eigenvalue weighted by atomic mass is 16.5. The van der Waals surface area contributed by atoms with E-state index in [-0.39, 0.29) is 6.10 Å². The molecule has 0 N–H and O–H groups in total. The van der Waals surface area contributed by atoms with Gasteiger partial charge in [-0.2, -0.15) is 0 Å². The number of aromatic nitrogens is 1. The number of rotatable bonds is 4. The molecule has 1 unspecified atom stereocenters. The molecule has 0 amide bonds. The zero-order valence-corrected chi connectivity index (χ0v) is 8.14. The zero-order valence-electron chi connectivity index (χ0n) is 8.14. The summed E-state index contributed by atoms with van der Waals surface area (Å²) < 4.78 is 5.12. The number of carbonyl (C=O) groups excluding carboxylic acids is 1. The van der Waals surface area contributed by atoms with Crippen LogP contribution in [0.2, 0.25) is 0 Å². The summed E-state index contributed by atoms with van der Waals surface area (Å²) in [5.74, 6) is -0.414. The van der Waals surface area contributed by atoms with Gasteiger partial charge in [-0.15, -0.1) is 0 Å². The van der Waals surface area contributed by atoms with E-state index in [2.05, 4.69) is 11.6 Å². The lowest BCUT2D eigenvalue weighted by molar-refractivity contribution is -0.143. The second-order valence-electron chi connectivity index (χ2n) is 2.79. The van der Waals surface area contributed by atoms with Gasteiger partial charge in [-0.25, -0.2) is 4.79 Å². The van der Waals surface area contributed by atoms with Gasteiger partial charge in [0.15, 0.2) is 0 Å². The van der Waals surface area contributed by atoms with Crippen molar-refractivity contribution < 1.29 is 9.53 Å². The summed E-state index contributed by atoms with van der Waals surface area (Å²) in [6.45, 7) is 5.29. The highest BCUT2D eigenvalue weighted by Crippen LogP contribution is 2.18. The Hall–Kier alpha value is -1.64. The van der Waals surface area contributed by atoms with Crippen LogP contribution in [0.5, 0.6) is 0 Å². The second-order valence-corrected chi connectivity index (χ2v) is 2.79. The average molecular weight is 191 g/mol. The van der Waals surface area contributed by atoms with Crippen LogP contribution in [0.3, 0.4) is 0 Å². The third-order valence-corrected chi connectivity index (χ3v) is 1.81. The Morgan fingerprint density at radius 3 is 3.00 bits per heavy atom. The van der Waals surface area contributed by atoms with E-state index in [0.29, 0.717) is 6.42 Å². The summed E-state index contributed by atoms with van der Waals surface area (Å²) in [6.07, 6.45) is 3.27. The molecule has 3 nitrogen and oxygen atoms in total. The fraction of sp³-hybridized carbons (Fsp3) is 0.273. The van der Waals surface area contributed by atoms with Crippen molar-refractivity contribution in [2.75, 3.05) is 0 Å². The summed E-state index contributed by atoms with van der Waals surface area (Å²) in [5.41, 5.74) is 0.769. The van der Waals surface area contributed by atoms with E-state index in [1.54, 1.807) is 6.20 Å². The maximum Gasteiger partial charge on any atom is 0.330 e. The number of pyridine rings is 1. The number of esters is 1. The summed E-state index contributed by atoms with van der Waals surface area (Å²) in [5, 5.41) is 0. The monoisotopic (exact) mass is 191 g/mol. The molecule has 0 aliphatic heterocycles. The molecule has 0 bridgehead atoms. The highest BCUT2D eigenvalue weighted by Gasteiger charge is 2.13. The van der Waals surface area contributed by atoms with Gasteiger partial charge < -0.3 is 4.74 Å². The highest BCUT2D eigenvalue weighted by molar-refractivity contribution is 5.81. The lowest BCUT2D eigenvalue weighted by Gasteiger charge is -2.13. The van der Waals surface area contributed by atoms with E-state index in [4.69, 9.17) is 4.74 Å². The van der Waals surface area contributed by atoms with Gasteiger partial charge in [0, 0.05) is 12.3 Å². The predicted octanol–water partition coefficient (Wildman–Crippen LogP) is 2.26. The first-order chi connectivity index (χ1) is 6.77. The minimum atomic E-state index is -0.414. The van der Waals surface area contributed by atoms with Gasteiger partial charge in [0.1, 0.15) is 6.10 Å². The number of hydrogen-bond donors (Lipinski definition) is 0. The molecule has 1 atom stereocenters. The van der Waals surface area contributed by atoms with E-state index in [9.17, 15) is 4.79 Å². The molecule has 0 aromatic carbocycles. The number of ether oxygens (including phenoxy) is 1. The SMILES string of the molecule is C=CC(=O)OC(CC)c1ccccn1. The number of carbonyl (C=O) groups is 1. The lowest BCUT2D eigenvalue weighted by Crippen LogP contribution is -2.09. The van der Waals surface area contributed by atoms with Crippen LogP contribution in [0.4, 0.5) is 0 Å². The van der Waals surface area contributed by atoms with E-state index in [1.165, 1.54) is 0 Å². The Morgan fingerprint density at radius 1 is 1.71 bits per heavy atom. The maximum atomic E-state index is 11.0. The van der Waals surface area contributed by atoms with Gasteiger partial charge >= 0.3 is 5.97 Å². The van der Waals surface area contributed by atoms with Crippen LogP contribution >= 0.6 is 0 Å². The predicted molar refractivity (Wildman–Crippen MR) is 53.6 cm³/mol. The van der Waals surface area contributed by atoms with E-state index in [0.717, 1.165) is 11.8 Å². The van der Waals surface area contributed by atoms with E-state index >= 15 is 0 Å². The molecule has 0 fully saturated rings. The molecule has 14 heavy (non-hydrogen) atoms. The maximum absolute atomic E-state index is 11.0. The second kappa shape index (κ2) is 5.17. The molecule has 1 aromatic heterocycles. The molecule has 0 radical (unpaired) electrons. The normalized spacial score (nSPS) is 11.8.